The van der Waals surface area contributed by atoms with Crippen LogP contribution in [0.2, 0.25) is 0 Å². The highest BCUT2D eigenvalue weighted by Gasteiger charge is 2.15. The van der Waals surface area contributed by atoms with Gasteiger partial charge in [-0.3, -0.25) is 4.98 Å². The Bertz CT molecular complexity index is 525. The summed E-state index contributed by atoms with van der Waals surface area (Å²) in [6.45, 7) is 6.76. The predicted octanol–water partition coefficient (Wildman–Crippen LogP) is 3.06. The van der Waals surface area contributed by atoms with Crippen molar-refractivity contribution in [2.24, 2.45) is 0 Å². The first-order valence-corrected chi connectivity index (χ1v) is 7.64. The molecule has 0 unspecified atom stereocenters. The monoisotopic (exact) mass is 291 g/mol. The Morgan fingerprint density at radius 3 is 2.85 bits per heavy atom. The highest BCUT2D eigenvalue weighted by Crippen LogP contribution is 2.30. The number of nitrogens with one attached hydrogen (secondary N) is 1. The van der Waals surface area contributed by atoms with Gasteiger partial charge < -0.3 is 10.1 Å². The maximum Gasteiger partial charge on any atom is 0.142 e. The molecule has 0 bridgehead atoms. The number of methoxy groups -OCH3 is 1. The summed E-state index contributed by atoms with van der Waals surface area (Å²) in [5, 5.41) is 4.39. The van der Waals surface area contributed by atoms with E-state index < -0.39 is 0 Å². The van der Waals surface area contributed by atoms with E-state index in [2.05, 4.69) is 24.1 Å². The topological polar surface area (TPSA) is 47.0 Å². The lowest BCUT2D eigenvalue weighted by molar-refractivity contribution is 0.199. The molecule has 0 spiro atoms. The van der Waals surface area contributed by atoms with Crippen LogP contribution in [0.15, 0.2) is 24.4 Å². The minimum Gasteiger partial charge on any atom is -0.383 e. The Labute approximate surface area is 124 Å². The number of hydrogen-bond acceptors (Lipinski definition) is 5. The average molecular weight is 291 g/mol. The number of thiazole rings is 1. The van der Waals surface area contributed by atoms with Crippen LogP contribution in [0.4, 0.5) is 0 Å². The van der Waals surface area contributed by atoms with Crippen molar-refractivity contribution in [2.75, 3.05) is 20.3 Å². The summed E-state index contributed by atoms with van der Waals surface area (Å²) in [6, 6.07) is 5.92. The van der Waals surface area contributed by atoms with Gasteiger partial charge in [-0.05, 0) is 18.1 Å². The van der Waals surface area contributed by atoms with E-state index in [9.17, 15) is 0 Å². The molecule has 2 aromatic heterocycles. The van der Waals surface area contributed by atoms with Crippen LogP contribution < -0.4 is 5.32 Å². The fourth-order valence-electron chi connectivity index (χ4n) is 1.92. The highest BCUT2D eigenvalue weighted by atomic mass is 32.1. The van der Waals surface area contributed by atoms with E-state index in [1.165, 1.54) is 10.6 Å². The number of hydrogen-bond donors (Lipinski definition) is 1. The smallest absolute Gasteiger partial charge is 0.142 e. The van der Waals surface area contributed by atoms with E-state index in [4.69, 9.17) is 9.72 Å². The van der Waals surface area contributed by atoms with E-state index in [0.29, 0.717) is 5.92 Å². The number of pyridine rings is 1. The van der Waals surface area contributed by atoms with Crippen LogP contribution in [-0.2, 0) is 11.3 Å². The van der Waals surface area contributed by atoms with Gasteiger partial charge >= 0.3 is 0 Å². The first-order valence-electron chi connectivity index (χ1n) is 6.83. The normalized spacial score (nSPS) is 11.2. The average Bonchev–Trinajstić information content (AvgIpc) is 2.89. The standard InChI is InChI=1S/C15H21N3OS/c1-11(2)14-13(10-16-8-9-19-3)20-15(18-14)12-6-4-5-7-17-12/h4-7,11,16H,8-10H2,1-3H3. The SMILES string of the molecule is COCCNCc1sc(-c2ccccn2)nc1C(C)C. The van der Waals surface area contributed by atoms with Gasteiger partial charge in [0.15, 0.2) is 0 Å². The minimum absolute atomic E-state index is 0.419. The molecule has 1 N–H and O–H groups in total. The van der Waals surface area contributed by atoms with Crippen LogP contribution in [0.3, 0.4) is 0 Å². The number of ether oxygens (including phenoxy) is 1. The first kappa shape index (κ1) is 15.1. The van der Waals surface area contributed by atoms with Gasteiger partial charge in [0.2, 0.25) is 0 Å². The lowest BCUT2D eigenvalue weighted by atomic mass is 10.1. The van der Waals surface area contributed by atoms with E-state index >= 15 is 0 Å². The zero-order chi connectivity index (χ0) is 14.4. The van der Waals surface area contributed by atoms with E-state index in [0.717, 1.165) is 30.4 Å². The Kier molecular flexibility index (Phi) is 5.64. The third-order valence-electron chi connectivity index (χ3n) is 2.93. The number of aromatic nitrogens is 2. The van der Waals surface area contributed by atoms with Crippen LogP contribution >= 0.6 is 11.3 Å². The van der Waals surface area contributed by atoms with Crippen molar-refractivity contribution in [1.29, 1.82) is 0 Å². The van der Waals surface area contributed by atoms with Crippen molar-refractivity contribution in [2.45, 2.75) is 26.3 Å². The van der Waals surface area contributed by atoms with Crippen molar-refractivity contribution < 1.29 is 4.74 Å². The summed E-state index contributed by atoms with van der Waals surface area (Å²) in [5.74, 6) is 0.419. The molecule has 2 rings (SSSR count). The molecular formula is C15H21N3OS. The fraction of sp³-hybridized carbons (Fsp3) is 0.467. The molecule has 0 atom stereocenters. The van der Waals surface area contributed by atoms with E-state index in [1.54, 1.807) is 18.4 Å². The quantitative estimate of drug-likeness (QED) is 0.796. The Morgan fingerprint density at radius 1 is 1.35 bits per heavy atom. The Hall–Kier alpha value is -1.30. The Morgan fingerprint density at radius 2 is 2.20 bits per heavy atom. The number of nitrogens with zero attached hydrogens (tertiary/aromatic N) is 2. The van der Waals surface area contributed by atoms with Gasteiger partial charge in [0, 0.05) is 31.3 Å². The van der Waals surface area contributed by atoms with Gasteiger partial charge in [0.25, 0.3) is 0 Å². The first-order chi connectivity index (χ1) is 9.72. The molecular weight excluding hydrogens is 270 g/mol. The summed E-state index contributed by atoms with van der Waals surface area (Å²) in [4.78, 5) is 10.4. The summed E-state index contributed by atoms with van der Waals surface area (Å²) in [6.07, 6.45) is 1.81. The maximum absolute atomic E-state index is 5.05. The molecule has 0 aliphatic heterocycles. The zero-order valence-electron chi connectivity index (χ0n) is 12.2. The molecule has 0 saturated heterocycles. The molecule has 20 heavy (non-hydrogen) atoms. The third-order valence-corrected chi connectivity index (χ3v) is 4.02. The van der Waals surface area contributed by atoms with Crippen molar-refractivity contribution in [1.82, 2.24) is 15.3 Å². The summed E-state index contributed by atoms with van der Waals surface area (Å²) in [5.41, 5.74) is 2.11. The lowest BCUT2D eigenvalue weighted by Gasteiger charge is -2.06. The van der Waals surface area contributed by atoms with Crippen LogP contribution in [-0.4, -0.2) is 30.2 Å². The van der Waals surface area contributed by atoms with Gasteiger partial charge in [-0.15, -0.1) is 11.3 Å². The second-order valence-electron chi connectivity index (χ2n) is 4.87. The second kappa shape index (κ2) is 7.47. The minimum atomic E-state index is 0.419. The summed E-state index contributed by atoms with van der Waals surface area (Å²) in [7, 11) is 1.72. The van der Waals surface area contributed by atoms with Gasteiger partial charge in [-0.1, -0.05) is 19.9 Å². The second-order valence-corrected chi connectivity index (χ2v) is 5.95. The molecule has 0 amide bonds. The van der Waals surface area contributed by atoms with Crippen molar-refractivity contribution >= 4 is 11.3 Å². The highest BCUT2D eigenvalue weighted by molar-refractivity contribution is 7.15. The molecule has 0 radical (unpaired) electrons. The van der Waals surface area contributed by atoms with E-state index in [-0.39, 0.29) is 0 Å². The summed E-state index contributed by atoms with van der Waals surface area (Å²) < 4.78 is 5.05. The van der Waals surface area contributed by atoms with Crippen molar-refractivity contribution in [3.8, 4) is 10.7 Å². The molecule has 0 saturated carbocycles. The molecule has 0 aliphatic carbocycles. The maximum atomic E-state index is 5.05. The van der Waals surface area contributed by atoms with Crippen molar-refractivity contribution in [3.63, 3.8) is 0 Å². The van der Waals surface area contributed by atoms with E-state index in [1.807, 2.05) is 24.4 Å². The van der Waals surface area contributed by atoms with Crippen LogP contribution in [0.5, 0.6) is 0 Å². The number of rotatable bonds is 7. The predicted molar refractivity (Wildman–Crippen MR) is 83.0 cm³/mol. The van der Waals surface area contributed by atoms with Crippen LogP contribution in [0.25, 0.3) is 10.7 Å². The lowest BCUT2D eigenvalue weighted by Crippen LogP contribution is -2.18. The summed E-state index contributed by atoms with van der Waals surface area (Å²) >= 11 is 1.72. The molecule has 0 fully saturated rings. The third kappa shape index (κ3) is 3.85. The molecule has 0 aromatic carbocycles. The van der Waals surface area contributed by atoms with Gasteiger partial charge in [0.05, 0.1) is 18.0 Å². The van der Waals surface area contributed by atoms with Gasteiger partial charge in [-0.25, -0.2) is 4.98 Å². The molecule has 2 aromatic rings. The molecule has 4 nitrogen and oxygen atoms in total. The van der Waals surface area contributed by atoms with Crippen LogP contribution in [0, 0.1) is 0 Å². The molecule has 2 heterocycles. The Balaban J connectivity index is 2.16. The van der Waals surface area contributed by atoms with Crippen molar-refractivity contribution in [3.05, 3.63) is 35.0 Å². The zero-order valence-corrected chi connectivity index (χ0v) is 13.0. The van der Waals surface area contributed by atoms with Crippen LogP contribution in [0.1, 0.15) is 30.3 Å². The molecule has 0 aliphatic rings. The largest absolute Gasteiger partial charge is 0.383 e. The fourth-order valence-corrected chi connectivity index (χ4v) is 3.08. The molecule has 108 valence electrons. The van der Waals surface area contributed by atoms with Gasteiger partial charge in [0.1, 0.15) is 5.01 Å². The van der Waals surface area contributed by atoms with Gasteiger partial charge in [-0.2, -0.15) is 0 Å². The molecule has 5 heteroatoms.